The van der Waals surface area contributed by atoms with Crippen molar-refractivity contribution in [3.8, 4) is 11.5 Å². The van der Waals surface area contributed by atoms with Crippen molar-refractivity contribution >= 4 is 15.7 Å². The van der Waals surface area contributed by atoms with E-state index in [2.05, 4.69) is 21.2 Å². The Bertz CT molecular complexity index is 1100. The second-order valence-electron chi connectivity index (χ2n) is 7.48. The molecule has 154 valence electrons. The molecule has 3 aromatic rings. The van der Waals surface area contributed by atoms with E-state index < -0.39 is 10.0 Å². The van der Waals surface area contributed by atoms with Gasteiger partial charge in [-0.3, -0.25) is 0 Å². The molecular weight excluding hydrogens is 392 g/mol. The number of anilines is 1. The molecule has 0 bridgehead atoms. The van der Waals surface area contributed by atoms with Gasteiger partial charge in [0.1, 0.15) is 6.26 Å². The summed E-state index contributed by atoms with van der Waals surface area (Å²) < 4.78 is 38.4. The smallest absolute Gasteiger partial charge is 0.276 e. The Kier molecular flexibility index (Phi) is 5.18. The van der Waals surface area contributed by atoms with Crippen LogP contribution in [0.1, 0.15) is 31.2 Å². The number of rotatable bonds is 5. The van der Waals surface area contributed by atoms with E-state index in [0.29, 0.717) is 37.6 Å². The highest BCUT2D eigenvalue weighted by Crippen LogP contribution is 2.28. The molecule has 9 heteroatoms. The van der Waals surface area contributed by atoms with E-state index in [1.807, 2.05) is 39.0 Å². The molecular formula is C20H24N4O4S. The first kappa shape index (κ1) is 19.7. The average Bonchev–Trinajstić information content (AvgIpc) is 3.38. The van der Waals surface area contributed by atoms with Crippen LogP contribution < -0.4 is 4.90 Å². The van der Waals surface area contributed by atoms with Crippen LogP contribution in [0.15, 0.2) is 50.5 Å². The van der Waals surface area contributed by atoms with Crippen LogP contribution in [0.3, 0.4) is 0 Å². The molecule has 1 aliphatic heterocycles. The number of benzene rings is 1. The summed E-state index contributed by atoms with van der Waals surface area (Å²) in [7, 11) is -3.72. The second-order valence-corrected chi connectivity index (χ2v) is 9.35. The number of furan rings is 1. The Balaban J connectivity index is 1.47. The fourth-order valence-electron chi connectivity index (χ4n) is 3.29. The molecule has 0 N–H and O–H groups in total. The predicted molar refractivity (Wildman–Crippen MR) is 108 cm³/mol. The average molecular weight is 417 g/mol. The highest BCUT2D eigenvalue weighted by Gasteiger charge is 2.31. The quantitative estimate of drug-likeness (QED) is 0.630. The summed E-state index contributed by atoms with van der Waals surface area (Å²) in [6, 6.07) is 9.66. The minimum Gasteiger partial charge on any atom is -0.451 e. The van der Waals surface area contributed by atoms with Gasteiger partial charge in [-0.15, -0.1) is 10.2 Å². The molecule has 0 atom stereocenters. The minimum atomic E-state index is -3.72. The van der Waals surface area contributed by atoms with Crippen molar-refractivity contribution in [1.82, 2.24) is 14.5 Å². The van der Waals surface area contributed by atoms with Crippen molar-refractivity contribution in [1.29, 1.82) is 0 Å². The summed E-state index contributed by atoms with van der Waals surface area (Å²) in [5.74, 6) is 0.845. The number of nitrogens with zero attached hydrogens (tertiary/aromatic N) is 4. The van der Waals surface area contributed by atoms with Gasteiger partial charge >= 0.3 is 0 Å². The van der Waals surface area contributed by atoms with Gasteiger partial charge in [0.2, 0.25) is 11.0 Å². The van der Waals surface area contributed by atoms with Crippen LogP contribution >= 0.6 is 0 Å². The maximum absolute atomic E-state index is 13.0. The SMILES string of the molecule is Cc1cccc(N2CCN(S(=O)(=O)c3cc(-c4nnc(C(C)C)o4)co3)CC2)c1. The summed E-state index contributed by atoms with van der Waals surface area (Å²) in [4.78, 5) is 2.19. The van der Waals surface area contributed by atoms with Crippen molar-refractivity contribution in [2.24, 2.45) is 0 Å². The van der Waals surface area contributed by atoms with E-state index in [9.17, 15) is 8.42 Å². The zero-order valence-electron chi connectivity index (χ0n) is 16.7. The van der Waals surface area contributed by atoms with Crippen molar-refractivity contribution in [3.63, 3.8) is 0 Å². The molecule has 1 fully saturated rings. The zero-order chi connectivity index (χ0) is 20.6. The standard InChI is InChI=1S/C20H24N4O4S/c1-14(2)19-21-22-20(28-19)16-12-18(27-13-16)29(25,26)24-9-7-23(8-10-24)17-6-4-5-15(3)11-17/h4-6,11-14H,7-10H2,1-3H3. The third kappa shape index (κ3) is 3.92. The summed E-state index contributed by atoms with van der Waals surface area (Å²) in [6.07, 6.45) is 1.34. The van der Waals surface area contributed by atoms with Gasteiger partial charge in [0.15, 0.2) is 0 Å². The van der Waals surface area contributed by atoms with Crippen LogP contribution in [0.5, 0.6) is 0 Å². The summed E-state index contributed by atoms with van der Waals surface area (Å²) in [6.45, 7) is 7.97. The normalized spacial score (nSPS) is 15.9. The molecule has 0 amide bonds. The molecule has 0 saturated carbocycles. The molecule has 0 spiro atoms. The molecule has 0 aliphatic carbocycles. The molecule has 1 aliphatic rings. The molecule has 8 nitrogen and oxygen atoms in total. The maximum Gasteiger partial charge on any atom is 0.276 e. The summed E-state index contributed by atoms with van der Waals surface area (Å²) in [5.41, 5.74) is 2.75. The van der Waals surface area contributed by atoms with Crippen LogP contribution in [0.2, 0.25) is 0 Å². The summed E-state index contributed by atoms with van der Waals surface area (Å²) in [5, 5.41) is 7.84. The fourth-order valence-corrected chi connectivity index (χ4v) is 4.63. The lowest BCUT2D eigenvalue weighted by Gasteiger charge is -2.35. The van der Waals surface area contributed by atoms with Gasteiger partial charge in [0, 0.05) is 43.9 Å². The topological polar surface area (TPSA) is 92.7 Å². The first-order valence-corrected chi connectivity index (χ1v) is 11.0. The van der Waals surface area contributed by atoms with Crippen molar-refractivity contribution in [2.75, 3.05) is 31.1 Å². The number of hydrogen-bond donors (Lipinski definition) is 0. The van der Waals surface area contributed by atoms with E-state index in [1.54, 1.807) is 0 Å². The highest BCUT2D eigenvalue weighted by molar-refractivity contribution is 7.89. The van der Waals surface area contributed by atoms with Gasteiger partial charge in [0.25, 0.3) is 15.9 Å². The monoisotopic (exact) mass is 416 g/mol. The van der Waals surface area contributed by atoms with Crippen LogP contribution in [0, 0.1) is 6.92 Å². The molecule has 4 rings (SSSR count). The number of aromatic nitrogens is 2. The van der Waals surface area contributed by atoms with E-state index >= 15 is 0 Å². The first-order valence-electron chi connectivity index (χ1n) is 9.58. The number of sulfonamides is 1. The predicted octanol–water partition coefficient (Wildman–Crippen LogP) is 3.27. The third-order valence-corrected chi connectivity index (χ3v) is 6.72. The Morgan fingerprint density at radius 2 is 1.83 bits per heavy atom. The lowest BCUT2D eigenvalue weighted by molar-refractivity contribution is 0.362. The molecule has 1 aromatic carbocycles. The maximum atomic E-state index is 13.0. The molecule has 0 radical (unpaired) electrons. The number of piperazine rings is 1. The zero-order valence-corrected chi connectivity index (χ0v) is 17.5. The van der Waals surface area contributed by atoms with Gasteiger partial charge in [0.05, 0.1) is 5.56 Å². The lowest BCUT2D eigenvalue weighted by atomic mass is 10.2. The summed E-state index contributed by atoms with van der Waals surface area (Å²) >= 11 is 0. The first-order chi connectivity index (χ1) is 13.8. The van der Waals surface area contributed by atoms with E-state index in [0.717, 1.165) is 5.69 Å². The number of aryl methyl sites for hydroxylation is 1. The van der Waals surface area contributed by atoms with E-state index in [-0.39, 0.29) is 16.9 Å². The van der Waals surface area contributed by atoms with Crippen LogP contribution in [0.4, 0.5) is 5.69 Å². The third-order valence-electron chi connectivity index (χ3n) is 4.96. The molecule has 29 heavy (non-hydrogen) atoms. The lowest BCUT2D eigenvalue weighted by Crippen LogP contribution is -2.48. The minimum absolute atomic E-state index is 0.0936. The van der Waals surface area contributed by atoms with Crippen molar-refractivity contribution in [2.45, 2.75) is 31.8 Å². The molecule has 2 aromatic heterocycles. The highest BCUT2D eigenvalue weighted by atomic mass is 32.2. The van der Waals surface area contributed by atoms with E-state index in [4.69, 9.17) is 8.83 Å². The van der Waals surface area contributed by atoms with Crippen LogP contribution in [-0.2, 0) is 10.0 Å². The van der Waals surface area contributed by atoms with Crippen LogP contribution in [-0.4, -0.2) is 49.1 Å². The van der Waals surface area contributed by atoms with Gasteiger partial charge < -0.3 is 13.7 Å². The Morgan fingerprint density at radius 1 is 1.07 bits per heavy atom. The van der Waals surface area contributed by atoms with Crippen molar-refractivity contribution in [3.05, 3.63) is 48.0 Å². The Morgan fingerprint density at radius 3 is 2.48 bits per heavy atom. The van der Waals surface area contributed by atoms with Gasteiger partial charge in [-0.2, -0.15) is 4.31 Å². The van der Waals surface area contributed by atoms with Crippen LogP contribution in [0.25, 0.3) is 11.5 Å². The second kappa shape index (κ2) is 7.64. The van der Waals surface area contributed by atoms with Gasteiger partial charge in [-0.25, -0.2) is 8.42 Å². The Labute approximate surface area is 170 Å². The molecule has 3 heterocycles. The molecule has 1 saturated heterocycles. The Hall–Kier alpha value is -2.65. The fraction of sp³-hybridized carbons (Fsp3) is 0.400. The van der Waals surface area contributed by atoms with Gasteiger partial charge in [-0.1, -0.05) is 26.0 Å². The molecule has 0 unspecified atom stereocenters. The number of hydrogen-bond acceptors (Lipinski definition) is 7. The van der Waals surface area contributed by atoms with Crippen molar-refractivity contribution < 1.29 is 17.3 Å². The van der Waals surface area contributed by atoms with Gasteiger partial charge in [-0.05, 0) is 24.6 Å². The largest absolute Gasteiger partial charge is 0.451 e. The van der Waals surface area contributed by atoms with E-state index in [1.165, 1.54) is 22.2 Å².